The molecule has 0 spiro atoms. The largest absolute Gasteiger partial charge is 0.528 e. The van der Waals surface area contributed by atoms with Crippen LogP contribution in [0.3, 0.4) is 0 Å². The van der Waals surface area contributed by atoms with Gasteiger partial charge in [0.25, 0.3) is 5.97 Å². The van der Waals surface area contributed by atoms with Gasteiger partial charge < -0.3 is 4.43 Å². The Kier molecular flexibility index (Phi) is 5.10. The van der Waals surface area contributed by atoms with Crippen LogP contribution in [0.5, 0.6) is 0 Å². The van der Waals surface area contributed by atoms with Gasteiger partial charge in [0.05, 0.1) is 5.41 Å². The van der Waals surface area contributed by atoms with Gasteiger partial charge in [0, 0.05) is 0 Å². The van der Waals surface area contributed by atoms with Crippen molar-refractivity contribution < 1.29 is 9.22 Å². The van der Waals surface area contributed by atoms with E-state index in [0.29, 0.717) is 22.3 Å². The Labute approximate surface area is 121 Å². The third-order valence-corrected chi connectivity index (χ3v) is 6.52. The predicted octanol–water partition coefficient (Wildman–Crippen LogP) is 3.22. The van der Waals surface area contributed by atoms with Crippen LogP contribution in [0.1, 0.15) is 71.6 Å². The Morgan fingerprint density at radius 1 is 1.21 bits per heavy atom. The number of carbonyl (C=O) groups excluding carboxylic acids is 1. The van der Waals surface area contributed by atoms with Crippen molar-refractivity contribution in [3.8, 4) is 0 Å². The number of hydrogen-bond donors (Lipinski definition) is 0. The van der Waals surface area contributed by atoms with Crippen LogP contribution in [0.2, 0.25) is 0 Å². The van der Waals surface area contributed by atoms with Crippen LogP contribution < -0.4 is 0 Å². The highest BCUT2D eigenvalue weighted by molar-refractivity contribution is 6.06. The molecule has 0 radical (unpaired) electrons. The maximum atomic E-state index is 12.7. The average Bonchev–Trinajstić information content (AvgIpc) is 3.12. The van der Waals surface area contributed by atoms with E-state index in [4.69, 9.17) is 4.43 Å². The summed E-state index contributed by atoms with van der Waals surface area (Å²) in [6.07, 6.45) is 11.4. The van der Waals surface area contributed by atoms with Crippen molar-refractivity contribution in [3.05, 3.63) is 0 Å². The minimum absolute atomic E-state index is 0.132. The Morgan fingerprint density at radius 2 is 1.74 bits per heavy atom. The maximum Gasteiger partial charge on any atom is 0.298 e. The Balaban J connectivity index is 2.27. The van der Waals surface area contributed by atoms with E-state index >= 15 is 0 Å². The van der Waals surface area contributed by atoms with Crippen LogP contribution in [0.15, 0.2) is 0 Å². The van der Waals surface area contributed by atoms with E-state index in [1.807, 2.05) is 0 Å². The molecular formula is C16H30O2Si. The molecule has 0 N–H and O–H groups in total. The lowest BCUT2D eigenvalue weighted by Gasteiger charge is -2.43. The van der Waals surface area contributed by atoms with Crippen molar-refractivity contribution in [3.63, 3.8) is 0 Å². The van der Waals surface area contributed by atoms with E-state index in [1.54, 1.807) is 0 Å². The molecule has 2 nitrogen and oxygen atoms in total. The molecule has 0 aliphatic heterocycles. The van der Waals surface area contributed by atoms with E-state index < -0.39 is 0 Å². The van der Waals surface area contributed by atoms with Crippen LogP contribution in [0.25, 0.3) is 0 Å². The van der Waals surface area contributed by atoms with E-state index in [0.717, 1.165) is 12.3 Å². The van der Waals surface area contributed by atoms with Gasteiger partial charge in [0.15, 0.2) is 0 Å². The highest BCUT2D eigenvalue weighted by Crippen LogP contribution is 2.52. The summed E-state index contributed by atoms with van der Waals surface area (Å²) in [6, 6.07) is 0. The van der Waals surface area contributed by atoms with Crippen molar-refractivity contribution in [2.45, 2.75) is 71.6 Å². The zero-order chi connectivity index (χ0) is 13.9. The van der Waals surface area contributed by atoms with Gasteiger partial charge in [-0.15, -0.1) is 0 Å². The van der Waals surface area contributed by atoms with Crippen molar-refractivity contribution in [2.75, 3.05) is 0 Å². The molecule has 0 aromatic heterocycles. The van der Waals surface area contributed by atoms with E-state index in [9.17, 15) is 4.79 Å². The normalized spacial score (nSPS) is 26.4. The molecule has 2 unspecified atom stereocenters. The van der Waals surface area contributed by atoms with Gasteiger partial charge >= 0.3 is 0 Å². The number of hydrogen-bond acceptors (Lipinski definition) is 2. The molecule has 2 saturated carbocycles. The topological polar surface area (TPSA) is 26.3 Å². The van der Waals surface area contributed by atoms with Crippen LogP contribution in [-0.4, -0.2) is 16.5 Å². The fraction of sp³-hybridized carbons (Fsp3) is 0.938. The summed E-state index contributed by atoms with van der Waals surface area (Å²) in [6.45, 7) is 4.55. The van der Waals surface area contributed by atoms with Gasteiger partial charge in [-0.05, 0) is 37.0 Å². The SMILES string of the molecule is CCC(C(=O)O[SiH3])(C1CCCC1)C(C)C1CCCC1. The fourth-order valence-corrected chi connectivity index (χ4v) is 5.37. The van der Waals surface area contributed by atoms with Gasteiger partial charge in [-0.1, -0.05) is 52.4 Å². The predicted molar refractivity (Wildman–Crippen MR) is 81.8 cm³/mol. The molecule has 0 amide bonds. The van der Waals surface area contributed by atoms with Crippen LogP contribution in [0.4, 0.5) is 0 Å². The Bertz CT molecular complexity index is 306. The summed E-state index contributed by atoms with van der Waals surface area (Å²) in [5.74, 6) is 1.97. The number of rotatable bonds is 5. The van der Waals surface area contributed by atoms with Crippen molar-refractivity contribution in [1.82, 2.24) is 0 Å². The fourth-order valence-electron chi connectivity index (χ4n) is 4.99. The summed E-state index contributed by atoms with van der Waals surface area (Å²) in [4.78, 5) is 12.7. The molecule has 2 atom stereocenters. The first kappa shape index (κ1) is 15.1. The Morgan fingerprint density at radius 3 is 2.21 bits per heavy atom. The van der Waals surface area contributed by atoms with Crippen molar-refractivity contribution >= 4 is 16.5 Å². The third kappa shape index (κ3) is 2.63. The van der Waals surface area contributed by atoms with Gasteiger partial charge in [-0.2, -0.15) is 0 Å². The zero-order valence-electron chi connectivity index (χ0n) is 12.9. The van der Waals surface area contributed by atoms with Gasteiger partial charge in [0.1, 0.15) is 0 Å². The first-order chi connectivity index (χ1) is 9.16. The minimum atomic E-state index is -0.173. The quantitative estimate of drug-likeness (QED) is 0.724. The standard InChI is InChI=1S/C16H30O2Si/c1-3-16(15(17)18-19,14-10-6-7-11-14)12(2)13-8-4-5-9-13/h12-14H,3-11H2,1-2,19H3. The smallest absolute Gasteiger partial charge is 0.298 e. The number of carbonyl (C=O) groups is 1. The maximum absolute atomic E-state index is 12.7. The molecule has 0 bridgehead atoms. The monoisotopic (exact) mass is 282 g/mol. The highest BCUT2D eigenvalue weighted by Gasteiger charge is 2.51. The molecule has 2 aliphatic carbocycles. The summed E-state index contributed by atoms with van der Waals surface area (Å²) >= 11 is 0. The van der Waals surface area contributed by atoms with Crippen LogP contribution in [0, 0.1) is 23.2 Å². The lowest BCUT2D eigenvalue weighted by Crippen LogP contribution is -2.46. The van der Waals surface area contributed by atoms with E-state index in [2.05, 4.69) is 13.8 Å². The second-order valence-electron chi connectivity index (χ2n) is 6.70. The van der Waals surface area contributed by atoms with E-state index in [-0.39, 0.29) is 11.4 Å². The second-order valence-corrected chi connectivity index (χ2v) is 7.11. The molecule has 2 rings (SSSR count). The van der Waals surface area contributed by atoms with Crippen molar-refractivity contribution in [1.29, 1.82) is 0 Å². The van der Waals surface area contributed by atoms with Crippen LogP contribution in [-0.2, 0) is 9.22 Å². The average molecular weight is 282 g/mol. The summed E-state index contributed by atoms with van der Waals surface area (Å²) in [5, 5.41) is 0. The molecule has 3 heteroatoms. The summed E-state index contributed by atoms with van der Waals surface area (Å²) in [5.41, 5.74) is -0.173. The summed E-state index contributed by atoms with van der Waals surface area (Å²) < 4.78 is 5.40. The van der Waals surface area contributed by atoms with Gasteiger partial charge in [-0.25, -0.2) is 0 Å². The second kappa shape index (κ2) is 6.42. The molecule has 19 heavy (non-hydrogen) atoms. The molecule has 0 heterocycles. The van der Waals surface area contributed by atoms with E-state index in [1.165, 1.54) is 51.4 Å². The molecular weight excluding hydrogens is 252 g/mol. The van der Waals surface area contributed by atoms with Crippen LogP contribution >= 0.6 is 0 Å². The Hall–Kier alpha value is -0.313. The minimum Gasteiger partial charge on any atom is -0.528 e. The first-order valence-electron chi connectivity index (χ1n) is 8.25. The molecule has 2 fully saturated rings. The molecule has 110 valence electrons. The van der Waals surface area contributed by atoms with Gasteiger partial charge in [-0.3, -0.25) is 4.79 Å². The summed E-state index contributed by atoms with van der Waals surface area (Å²) in [7, 11) is 0.540. The highest BCUT2D eigenvalue weighted by atomic mass is 28.2. The molecule has 0 aromatic carbocycles. The lowest BCUT2D eigenvalue weighted by molar-refractivity contribution is -0.156. The molecule has 0 aromatic rings. The lowest BCUT2D eigenvalue weighted by atomic mass is 9.60. The van der Waals surface area contributed by atoms with Crippen molar-refractivity contribution in [2.24, 2.45) is 23.2 Å². The zero-order valence-corrected chi connectivity index (χ0v) is 14.9. The van der Waals surface area contributed by atoms with Gasteiger partial charge in [0.2, 0.25) is 10.5 Å². The molecule has 2 aliphatic rings. The first-order valence-corrected chi connectivity index (χ1v) is 9.06. The third-order valence-electron chi connectivity index (χ3n) is 6.15. The molecule has 0 saturated heterocycles.